The predicted octanol–water partition coefficient (Wildman–Crippen LogP) is 4.55. The number of methoxy groups -OCH3 is 1. The molecule has 2 atom stereocenters. The van der Waals surface area contributed by atoms with Gasteiger partial charge >= 0.3 is 5.97 Å². The number of esters is 1. The normalized spacial score (nSPS) is 22.2. The largest absolute Gasteiger partial charge is 0.468 e. The summed E-state index contributed by atoms with van der Waals surface area (Å²) in [7, 11) is 1.28. The van der Waals surface area contributed by atoms with Crippen LogP contribution in [-0.4, -0.2) is 28.5 Å². The maximum atomic E-state index is 14.7. The van der Waals surface area contributed by atoms with Crippen molar-refractivity contribution in [1.82, 2.24) is 4.98 Å². The van der Waals surface area contributed by atoms with E-state index >= 15 is 0 Å². The molecule has 0 spiro atoms. The van der Waals surface area contributed by atoms with Crippen LogP contribution in [0, 0.1) is 5.82 Å². The van der Waals surface area contributed by atoms with Gasteiger partial charge in [0.1, 0.15) is 16.9 Å². The first-order valence-electron chi connectivity index (χ1n) is 8.61. The van der Waals surface area contributed by atoms with E-state index in [1.165, 1.54) is 49.7 Å². The van der Waals surface area contributed by atoms with Gasteiger partial charge in [0.2, 0.25) is 0 Å². The summed E-state index contributed by atoms with van der Waals surface area (Å²) in [6, 6.07) is 7.14. The number of carbonyl (C=O) groups excluding carboxylic acids is 1. The van der Waals surface area contributed by atoms with Gasteiger partial charge in [0.25, 0.3) is 0 Å². The topological polar surface area (TPSA) is 77.6 Å². The highest BCUT2D eigenvalue weighted by Crippen LogP contribution is 2.40. The number of amidine groups is 1. The summed E-state index contributed by atoms with van der Waals surface area (Å²) < 4.78 is 34.0. The molecule has 2 N–H and O–H groups in total. The lowest BCUT2D eigenvalue weighted by Gasteiger charge is -2.33. The average Bonchev–Trinajstić information content (AvgIpc) is 2.68. The molecule has 0 saturated carbocycles. The van der Waals surface area contributed by atoms with Gasteiger partial charge in [-0.2, -0.15) is 0 Å². The second kappa shape index (κ2) is 8.51. The van der Waals surface area contributed by atoms with E-state index in [1.807, 2.05) is 0 Å². The highest BCUT2D eigenvalue weighted by atomic mass is 35.5. The molecule has 152 valence electrons. The summed E-state index contributed by atoms with van der Waals surface area (Å²) in [5.74, 6) is -1.59. The lowest BCUT2D eigenvalue weighted by molar-refractivity contribution is -0.140. The Kier molecular flexibility index (Phi) is 6.24. The highest BCUT2D eigenvalue weighted by molar-refractivity contribution is 8.14. The fraction of sp³-hybridized carbons (Fsp3) is 0.250. The van der Waals surface area contributed by atoms with Crippen LogP contribution in [0.1, 0.15) is 30.2 Å². The third-order valence-electron chi connectivity index (χ3n) is 4.50. The molecule has 5 nitrogen and oxygen atoms in total. The van der Waals surface area contributed by atoms with Crippen molar-refractivity contribution in [2.24, 2.45) is 10.7 Å². The Morgan fingerprint density at radius 2 is 2.17 bits per heavy atom. The fourth-order valence-electron chi connectivity index (χ4n) is 3.08. The van der Waals surface area contributed by atoms with Crippen LogP contribution >= 0.6 is 23.4 Å². The number of aromatic nitrogens is 1. The summed E-state index contributed by atoms with van der Waals surface area (Å²) in [4.78, 5) is 20.3. The molecule has 1 aromatic carbocycles. The average molecular weight is 438 g/mol. The first kappa shape index (κ1) is 21.3. The van der Waals surface area contributed by atoms with Crippen molar-refractivity contribution >= 4 is 46.4 Å². The summed E-state index contributed by atoms with van der Waals surface area (Å²) >= 11 is 6.84. The summed E-state index contributed by atoms with van der Waals surface area (Å²) in [5, 5.41) is -0.0635. The Hall–Kier alpha value is -2.45. The van der Waals surface area contributed by atoms with Crippen LogP contribution in [0.25, 0.3) is 11.9 Å². The van der Waals surface area contributed by atoms with Crippen LogP contribution in [0.4, 0.5) is 8.78 Å². The number of halogens is 3. The van der Waals surface area contributed by atoms with Crippen LogP contribution in [0.3, 0.4) is 0 Å². The van der Waals surface area contributed by atoms with Crippen molar-refractivity contribution < 1.29 is 18.3 Å². The molecule has 1 aromatic heterocycles. The smallest absolute Gasteiger partial charge is 0.319 e. The summed E-state index contributed by atoms with van der Waals surface area (Å²) in [5.41, 5.74) is 5.51. The Balaban J connectivity index is 1.98. The molecule has 1 aliphatic rings. The minimum atomic E-state index is -1.10. The molecule has 9 heteroatoms. The summed E-state index contributed by atoms with van der Waals surface area (Å²) in [6.07, 6.45) is 2.77. The monoisotopic (exact) mass is 437 g/mol. The number of carbonyl (C=O) groups is 1. The van der Waals surface area contributed by atoms with Crippen LogP contribution in [0.5, 0.6) is 0 Å². The molecular formula is C20H18ClF2N3O2S. The van der Waals surface area contributed by atoms with Crippen LogP contribution in [0.15, 0.2) is 41.5 Å². The molecule has 0 aliphatic carbocycles. The number of benzene rings is 1. The van der Waals surface area contributed by atoms with Gasteiger partial charge in [0.05, 0.1) is 23.4 Å². The van der Waals surface area contributed by atoms with Crippen molar-refractivity contribution in [3.63, 3.8) is 0 Å². The molecule has 0 fully saturated rings. The van der Waals surface area contributed by atoms with Gasteiger partial charge in [-0.15, -0.1) is 0 Å². The van der Waals surface area contributed by atoms with E-state index in [9.17, 15) is 13.6 Å². The highest BCUT2D eigenvalue weighted by Gasteiger charge is 2.40. The molecule has 2 aromatic rings. The summed E-state index contributed by atoms with van der Waals surface area (Å²) in [6.45, 7) is 1.68. The van der Waals surface area contributed by atoms with Crippen molar-refractivity contribution in [3.8, 4) is 0 Å². The van der Waals surface area contributed by atoms with E-state index in [4.69, 9.17) is 22.1 Å². The lowest BCUT2D eigenvalue weighted by atomic mass is 9.86. The molecule has 0 bridgehead atoms. The molecule has 0 radical (unpaired) electrons. The minimum Gasteiger partial charge on any atom is -0.468 e. The number of hydrogen-bond donors (Lipinski definition) is 1. The number of thioether (sulfide) groups is 1. The number of ether oxygens (including phenoxy) is 1. The van der Waals surface area contributed by atoms with E-state index < -0.39 is 28.4 Å². The number of hydrogen-bond acceptors (Lipinski definition) is 6. The first-order chi connectivity index (χ1) is 13.7. The quantitative estimate of drug-likeness (QED) is 0.710. The van der Waals surface area contributed by atoms with Crippen molar-refractivity contribution in [2.75, 3.05) is 7.11 Å². The SMILES string of the molecule is COC(=O)[C@H]1C[C@](C)(c2cc(/C=C(\F)c3ccc(Cl)cn3)ccc2F)N=C(N)S1. The van der Waals surface area contributed by atoms with Crippen molar-refractivity contribution in [3.05, 3.63) is 64.2 Å². The lowest BCUT2D eigenvalue weighted by Crippen LogP contribution is -2.38. The first-order valence-corrected chi connectivity index (χ1v) is 9.86. The molecule has 3 rings (SSSR count). The zero-order valence-corrected chi connectivity index (χ0v) is 17.2. The van der Waals surface area contributed by atoms with Gasteiger partial charge in [0.15, 0.2) is 5.17 Å². The molecule has 0 saturated heterocycles. The number of aliphatic imine (C=N–C) groups is 1. The second-order valence-electron chi connectivity index (χ2n) is 6.65. The third-order valence-corrected chi connectivity index (χ3v) is 5.70. The maximum Gasteiger partial charge on any atom is 0.319 e. The van der Waals surface area contributed by atoms with E-state index in [1.54, 1.807) is 6.92 Å². The van der Waals surface area contributed by atoms with E-state index in [2.05, 4.69) is 9.98 Å². The van der Waals surface area contributed by atoms with Crippen LogP contribution in [-0.2, 0) is 15.1 Å². The Morgan fingerprint density at radius 1 is 1.41 bits per heavy atom. The Labute approximate surface area is 176 Å². The Morgan fingerprint density at radius 3 is 2.83 bits per heavy atom. The molecule has 0 amide bonds. The van der Waals surface area contributed by atoms with E-state index in [0.29, 0.717) is 10.6 Å². The van der Waals surface area contributed by atoms with Gasteiger partial charge in [-0.05, 0) is 49.2 Å². The zero-order valence-electron chi connectivity index (χ0n) is 15.7. The molecule has 0 unspecified atom stereocenters. The third kappa shape index (κ3) is 4.76. The second-order valence-corrected chi connectivity index (χ2v) is 8.31. The van der Waals surface area contributed by atoms with Gasteiger partial charge < -0.3 is 10.5 Å². The predicted molar refractivity (Wildman–Crippen MR) is 112 cm³/mol. The van der Waals surface area contributed by atoms with Gasteiger partial charge in [-0.1, -0.05) is 29.4 Å². The van der Waals surface area contributed by atoms with Crippen LogP contribution < -0.4 is 5.73 Å². The molecule has 29 heavy (non-hydrogen) atoms. The molecular weight excluding hydrogens is 420 g/mol. The Bertz CT molecular complexity index is 998. The van der Waals surface area contributed by atoms with E-state index in [-0.39, 0.29) is 22.8 Å². The number of nitrogens with zero attached hydrogens (tertiary/aromatic N) is 2. The van der Waals surface area contributed by atoms with Crippen molar-refractivity contribution in [1.29, 1.82) is 0 Å². The number of rotatable bonds is 4. The maximum absolute atomic E-state index is 14.7. The molecule has 1 aliphatic heterocycles. The van der Waals surface area contributed by atoms with Gasteiger partial charge in [-0.25, -0.2) is 8.78 Å². The standard InChI is InChI=1S/C20H18ClF2N3O2S/c1-20(9-17(18(27)28-2)29-19(24)26-20)13-7-11(3-5-14(13)22)8-15(23)16-6-4-12(21)10-25-16/h3-8,10,17H,9H2,1-2H3,(H2,24,26)/b15-8-/t17-,20-/m1/s1. The van der Waals surface area contributed by atoms with Gasteiger partial charge in [-0.3, -0.25) is 14.8 Å². The number of pyridine rings is 1. The zero-order chi connectivity index (χ0) is 21.2. The minimum absolute atomic E-state index is 0.105. The van der Waals surface area contributed by atoms with E-state index in [0.717, 1.165) is 11.8 Å². The number of nitrogens with two attached hydrogens (primary N) is 1. The van der Waals surface area contributed by atoms with Crippen LogP contribution in [0.2, 0.25) is 5.02 Å². The fourth-order valence-corrected chi connectivity index (χ4v) is 4.34. The molecule has 2 heterocycles. The van der Waals surface area contributed by atoms with Crippen molar-refractivity contribution in [2.45, 2.75) is 24.1 Å². The van der Waals surface area contributed by atoms with Gasteiger partial charge in [0, 0.05) is 11.8 Å².